The maximum Gasteiger partial charge on any atom is 1.00 e. The van der Waals surface area contributed by atoms with Crippen molar-refractivity contribution in [1.82, 2.24) is 9.80 Å². The second-order valence-corrected chi connectivity index (χ2v) is 6.33. The molecule has 0 aliphatic heterocycles. The molecule has 0 rings (SSSR count). The van der Waals surface area contributed by atoms with Gasteiger partial charge in [0, 0.05) is 26.0 Å². The molecule has 0 unspecified atom stereocenters. The Bertz CT molecular complexity index is 786. The van der Waals surface area contributed by atoms with Crippen molar-refractivity contribution in [1.29, 1.82) is 0 Å². The Hall–Kier alpha value is -0.640. The maximum atomic E-state index is 10.9. The number of carbonyl (C=O) groups is 8. The van der Waals surface area contributed by atoms with E-state index in [0.717, 1.165) is 0 Å². The van der Waals surface area contributed by atoms with Crippen LogP contribution in [-0.4, -0.2) is 103 Å². The Balaban J connectivity index is -0.000000122. The van der Waals surface area contributed by atoms with E-state index in [4.69, 9.17) is 20.4 Å². The fourth-order valence-corrected chi connectivity index (χ4v) is 2.38. The van der Waals surface area contributed by atoms with Crippen LogP contribution in [0.3, 0.4) is 0 Å². The summed E-state index contributed by atoms with van der Waals surface area (Å²) in [6, 6.07) is 0. The molecule has 2 atom stereocenters. The van der Waals surface area contributed by atoms with Crippen LogP contribution in [0.15, 0.2) is 0 Å². The fraction of sp³-hybridized carbons (Fsp3) is 0.500. The smallest absolute Gasteiger partial charge is 0.550 e. The fourth-order valence-electron chi connectivity index (χ4n) is 2.38. The zero-order chi connectivity index (χ0) is 27.6. The van der Waals surface area contributed by atoms with Gasteiger partial charge in [0.25, 0.3) is 0 Å². The number of aliphatic carboxylic acids is 6. The minimum Gasteiger partial charge on any atom is -0.550 e. The SMILES string of the molecule is CN(C(=O)O)[C@@](CCC(=O)[O-])(C(=O)[O-])C(=O)O.CN(C(=O)O)[C@@](CCC(=O)[O-])(C(=O)[O-])C(=O)O.[Na+].[Na+].[Na+].[Na+]. The average molecular weight is 586 g/mol. The van der Waals surface area contributed by atoms with E-state index < -0.39 is 84.8 Å². The van der Waals surface area contributed by atoms with E-state index in [-0.39, 0.29) is 128 Å². The van der Waals surface area contributed by atoms with Crippen molar-refractivity contribution >= 4 is 48.0 Å². The number of amides is 2. The van der Waals surface area contributed by atoms with Crippen LogP contribution in [0.2, 0.25) is 0 Å². The molecule has 2 amide bonds. The molecule has 22 heteroatoms. The van der Waals surface area contributed by atoms with Crippen molar-refractivity contribution in [3.8, 4) is 0 Å². The molecule has 0 aliphatic rings. The summed E-state index contributed by atoms with van der Waals surface area (Å²) in [7, 11) is 1.39. The third kappa shape index (κ3) is 13.6. The van der Waals surface area contributed by atoms with Gasteiger partial charge < -0.3 is 60.0 Å². The van der Waals surface area contributed by atoms with Gasteiger partial charge in [-0.15, -0.1) is 0 Å². The van der Waals surface area contributed by atoms with Crippen molar-refractivity contribution in [2.24, 2.45) is 0 Å². The van der Waals surface area contributed by atoms with Gasteiger partial charge in [-0.25, -0.2) is 19.2 Å². The average Bonchev–Trinajstić information content (AvgIpc) is 2.67. The number of hydrogen-bond acceptors (Lipinski definition) is 12. The first-order chi connectivity index (χ1) is 15.3. The largest absolute Gasteiger partial charge is 1.00 e. The first kappa shape index (κ1) is 50.2. The number of nitrogens with zero attached hydrogens (tertiary/aromatic N) is 2. The second-order valence-electron chi connectivity index (χ2n) is 6.33. The summed E-state index contributed by atoms with van der Waals surface area (Å²) < 4.78 is 0. The predicted molar refractivity (Wildman–Crippen MR) is 90.8 cm³/mol. The van der Waals surface area contributed by atoms with E-state index in [9.17, 15) is 58.8 Å². The van der Waals surface area contributed by atoms with E-state index in [1.54, 1.807) is 0 Å². The topological polar surface area (TPSA) is 316 Å². The van der Waals surface area contributed by atoms with Gasteiger partial charge in [0.2, 0.25) is 0 Å². The van der Waals surface area contributed by atoms with Crippen LogP contribution in [0.5, 0.6) is 0 Å². The van der Waals surface area contributed by atoms with Crippen molar-refractivity contribution in [3.05, 3.63) is 0 Å². The molecule has 0 heterocycles. The van der Waals surface area contributed by atoms with Gasteiger partial charge in [-0.1, -0.05) is 0 Å². The second kappa shape index (κ2) is 22.1. The molecule has 4 N–H and O–H groups in total. The van der Waals surface area contributed by atoms with Crippen LogP contribution in [0, 0.1) is 0 Å². The van der Waals surface area contributed by atoms with Crippen LogP contribution in [0.1, 0.15) is 25.7 Å². The molecule has 0 saturated carbocycles. The Kier molecular flexibility index (Phi) is 29.2. The molecule has 0 aliphatic carbocycles. The minimum atomic E-state index is -2.95. The van der Waals surface area contributed by atoms with Gasteiger partial charge in [-0.05, 0) is 25.7 Å². The summed E-state index contributed by atoms with van der Waals surface area (Å²) in [6.07, 6.45) is -7.52. The predicted octanol–water partition coefficient (Wildman–Crippen LogP) is -18.6. The number of hydrogen-bond donors (Lipinski definition) is 4. The molecule has 0 saturated heterocycles. The van der Waals surface area contributed by atoms with Gasteiger partial charge in [-0.3, -0.25) is 9.80 Å². The monoisotopic (exact) mass is 586 g/mol. The summed E-state index contributed by atoms with van der Waals surface area (Å²) in [5.74, 6) is -11.9. The van der Waals surface area contributed by atoms with Gasteiger partial charge in [0.15, 0.2) is 11.1 Å². The van der Waals surface area contributed by atoms with Gasteiger partial charge in [0.1, 0.15) is 0 Å². The quantitative estimate of drug-likeness (QED) is 0.122. The molecule has 0 fully saturated rings. The summed E-state index contributed by atoms with van der Waals surface area (Å²) in [6.45, 7) is 0. The van der Waals surface area contributed by atoms with Crippen LogP contribution in [-0.2, 0) is 28.8 Å². The number of carboxylic acids is 6. The number of carboxylic acid groups (broad SMARTS) is 8. The molecule has 0 aromatic rings. The van der Waals surface area contributed by atoms with Crippen LogP contribution >= 0.6 is 0 Å². The molecular formula is C16H18N2Na4O16. The summed E-state index contributed by atoms with van der Waals surface area (Å²) >= 11 is 0. The van der Waals surface area contributed by atoms with Crippen LogP contribution in [0.4, 0.5) is 9.59 Å². The summed E-state index contributed by atoms with van der Waals surface area (Å²) in [4.78, 5) is 85.0. The normalized spacial score (nSPS) is 12.1. The molecular weight excluding hydrogens is 568 g/mol. The van der Waals surface area contributed by atoms with E-state index >= 15 is 0 Å². The van der Waals surface area contributed by atoms with Crippen molar-refractivity contribution in [2.45, 2.75) is 36.8 Å². The molecule has 192 valence electrons. The van der Waals surface area contributed by atoms with Gasteiger partial charge in [-0.2, -0.15) is 0 Å². The maximum absolute atomic E-state index is 10.9. The number of rotatable bonds is 12. The van der Waals surface area contributed by atoms with E-state index in [1.807, 2.05) is 0 Å². The summed E-state index contributed by atoms with van der Waals surface area (Å²) in [5.41, 5.74) is -5.90. The molecule has 38 heavy (non-hydrogen) atoms. The Morgan fingerprint density at radius 1 is 0.553 bits per heavy atom. The molecule has 0 radical (unpaired) electrons. The van der Waals surface area contributed by atoms with E-state index in [0.29, 0.717) is 14.1 Å². The van der Waals surface area contributed by atoms with Crippen molar-refractivity contribution < 1.29 is 197 Å². The summed E-state index contributed by atoms with van der Waals surface area (Å²) in [5, 5.41) is 76.8. The zero-order valence-corrected chi connectivity index (χ0v) is 29.4. The first-order valence-electron chi connectivity index (χ1n) is 8.55. The van der Waals surface area contributed by atoms with Crippen molar-refractivity contribution in [3.63, 3.8) is 0 Å². The Morgan fingerprint density at radius 2 is 0.763 bits per heavy atom. The van der Waals surface area contributed by atoms with Crippen LogP contribution < -0.4 is 139 Å². The third-order valence-electron chi connectivity index (χ3n) is 4.48. The Morgan fingerprint density at radius 3 is 0.868 bits per heavy atom. The van der Waals surface area contributed by atoms with Crippen LogP contribution in [0.25, 0.3) is 0 Å². The van der Waals surface area contributed by atoms with Crippen molar-refractivity contribution in [2.75, 3.05) is 14.1 Å². The zero-order valence-electron chi connectivity index (χ0n) is 21.4. The van der Waals surface area contributed by atoms with E-state index in [1.165, 1.54) is 0 Å². The van der Waals surface area contributed by atoms with E-state index in [2.05, 4.69) is 0 Å². The molecule has 0 aromatic heterocycles. The van der Waals surface area contributed by atoms with Gasteiger partial charge in [0.05, 0.1) is 11.9 Å². The number of likely N-dealkylation sites (N-methyl/N-ethyl adjacent to an activating group) is 2. The van der Waals surface area contributed by atoms with Gasteiger partial charge >= 0.3 is 142 Å². The first-order valence-corrected chi connectivity index (χ1v) is 8.55. The standard InChI is InChI=1S/2C8H11NO8.4Na/c2*1-9(7(16)17)8(5(12)13,6(14)15)3-2-4(10)11;;;;/h2*2-3H2,1H3,(H,10,11)(H,12,13)(H,14,15)(H,16,17);;;;/q;;4*+1/p-4. The molecule has 0 aromatic carbocycles. The number of carbonyl (C=O) groups excluding carboxylic acids is 4. The molecule has 0 bridgehead atoms. The molecule has 18 nitrogen and oxygen atoms in total. The minimum absolute atomic E-state index is 0. The molecule has 0 spiro atoms. The third-order valence-corrected chi connectivity index (χ3v) is 4.48. The Labute approximate surface area is 302 Å².